The molecule has 148 valence electrons. The Kier molecular flexibility index (Phi) is 4.96. The number of fused-ring (bicyclic) bond motifs is 1. The van der Waals surface area contributed by atoms with Crippen LogP contribution >= 0.6 is 0 Å². The molecule has 0 aliphatic rings. The van der Waals surface area contributed by atoms with Gasteiger partial charge in [-0.05, 0) is 28.8 Å². The minimum Gasteiger partial charge on any atom is -0.486 e. The summed E-state index contributed by atoms with van der Waals surface area (Å²) in [6, 6.07) is 36.7. The van der Waals surface area contributed by atoms with Gasteiger partial charge in [-0.3, -0.25) is 0 Å². The second kappa shape index (κ2) is 8.22. The Morgan fingerprint density at radius 2 is 1.32 bits per heavy atom. The zero-order valence-electron chi connectivity index (χ0n) is 16.9. The van der Waals surface area contributed by atoms with Crippen molar-refractivity contribution in [2.24, 2.45) is 0 Å². The van der Waals surface area contributed by atoms with E-state index in [2.05, 4.69) is 34.7 Å². The maximum absolute atomic E-state index is 9.87. The van der Waals surface area contributed by atoms with Gasteiger partial charge in [-0.1, -0.05) is 91.0 Å². The summed E-state index contributed by atoms with van der Waals surface area (Å²) in [6.45, 7) is 0.425. The molecule has 0 amide bonds. The Bertz CT molecular complexity index is 1370. The van der Waals surface area contributed by atoms with Crippen LogP contribution in [0.4, 0.5) is 0 Å². The maximum atomic E-state index is 9.87. The first kappa shape index (κ1) is 18.7. The highest BCUT2D eigenvalue weighted by Crippen LogP contribution is 2.45. The smallest absolute Gasteiger partial charge is 0.155 e. The highest BCUT2D eigenvalue weighted by molar-refractivity contribution is 5.95. The first-order valence-electron chi connectivity index (χ1n) is 10.2. The van der Waals surface area contributed by atoms with Gasteiger partial charge in [0, 0.05) is 6.20 Å². The van der Waals surface area contributed by atoms with Crippen molar-refractivity contribution >= 4 is 5.52 Å². The maximum Gasteiger partial charge on any atom is 0.155 e. The molecule has 0 unspecified atom stereocenters. The van der Waals surface area contributed by atoms with Crippen molar-refractivity contribution in [3.63, 3.8) is 0 Å². The normalized spacial score (nSPS) is 10.7. The minimum atomic E-state index is 0.425. The van der Waals surface area contributed by atoms with E-state index in [4.69, 9.17) is 4.74 Å². The molecule has 5 aromatic rings. The molecule has 0 bridgehead atoms. The molecule has 2 heterocycles. The molecule has 5 rings (SSSR count). The summed E-state index contributed by atoms with van der Waals surface area (Å²) in [5.74, 6) is 0.728. The van der Waals surface area contributed by atoms with E-state index < -0.39 is 0 Å². The fourth-order valence-corrected chi connectivity index (χ4v) is 3.99. The van der Waals surface area contributed by atoms with Gasteiger partial charge in [0.05, 0.1) is 16.8 Å². The van der Waals surface area contributed by atoms with Crippen LogP contribution in [0.5, 0.6) is 5.75 Å². The number of hydrogen-bond donors (Lipinski definition) is 0. The third-order valence-electron chi connectivity index (χ3n) is 5.37. The number of pyridine rings is 1. The Hall–Kier alpha value is -4.29. The van der Waals surface area contributed by atoms with Gasteiger partial charge in [0.15, 0.2) is 5.75 Å². The SMILES string of the molecule is N#Cc1cccn2c(-c3ccccc3)c(-c3ccccc3)c(OCc3ccccc3)c12. The summed E-state index contributed by atoms with van der Waals surface area (Å²) in [5, 5.41) is 9.87. The third kappa shape index (κ3) is 3.45. The molecule has 0 spiro atoms. The molecule has 0 aliphatic carbocycles. The predicted molar refractivity (Wildman–Crippen MR) is 124 cm³/mol. The van der Waals surface area contributed by atoms with Gasteiger partial charge in [-0.15, -0.1) is 0 Å². The summed E-state index contributed by atoms with van der Waals surface area (Å²) in [6.07, 6.45) is 2.00. The highest BCUT2D eigenvalue weighted by atomic mass is 16.5. The molecular weight excluding hydrogens is 380 g/mol. The van der Waals surface area contributed by atoms with Crippen molar-refractivity contribution in [2.45, 2.75) is 6.61 Å². The van der Waals surface area contributed by atoms with E-state index in [1.807, 2.05) is 85.1 Å². The van der Waals surface area contributed by atoms with Crippen molar-refractivity contribution in [1.29, 1.82) is 5.26 Å². The average Bonchev–Trinajstić information content (AvgIpc) is 3.19. The lowest BCUT2D eigenvalue weighted by Crippen LogP contribution is -1.97. The first-order valence-corrected chi connectivity index (χ1v) is 10.2. The second-order valence-corrected chi connectivity index (χ2v) is 7.31. The first-order chi connectivity index (χ1) is 15.4. The summed E-state index contributed by atoms with van der Waals surface area (Å²) >= 11 is 0. The van der Waals surface area contributed by atoms with Crippen molar-refractivity contribution in [2.75, 3.05) is 0 Å². The van der Waals surface area contributed by atoms with E-state index in [1.54, 1.807) is 0 Å². The fourth-order valence-electron chi connectivity index (χ4n) is 3.99. The molecule has 0 fully saturated rings. The second-order valence-electron chi connectivity index (χ2n) is 7.31. The van der Waals surface area contributed by atoms with Gasteiger partial charge >= 0.3 is 0 Å². The number of nitrogens with zero attached hydrogens (tertiary/aromatic N) is 2. The van der Waals surface area contributed by atoms with Crippen molar-refractivity contribution in [1.82, 2.24) is 4.40 Å². The summed E-state index contributed by atoms with van der Waals surface area (Å²) in [7, 11) is 0. The molecule has 0 aliphatic heterocycles. The van der Waals surface area contributed by atoms with Crippen LogP contribution in [0.1, 0.15) is 11.1 Å². The van der Waals surface area contributed by atoms with Gasteiger partial charge in [-0.25, -0.2) is 0 Å². The zero-order valence-corrected chi connectivity index (χ0v) is 16.9. The van der Waals surface area contributed by atoms with Crippen LogP contribution < -0.4 is 4.74 Å². The van der Waals surface area contributed by atoms with Gasteiger partial charge < -0.3 is 9.14 Å². The van der Waals surface area contributed by atoms with Crippen molar-refractivity contribution in [3.05, 3.63) is 120 Å². The third-order valence-corrected chi connectivity index (χ3v) is 5.37. The van der Waals surface area contributed by atoms with E-state index in [1.165, 1.54) is 0 Å². The van der Waals surface area contributed by atoms with Crippen LogP contribution in [0.15, 0.2) is 109 Å². The summed E-state index contributed by atoms with van der Waals surface area (Å²) < 4.78 is 8.54. The molecular formula is C28H20N2O. The molecule has 2 aromatic heterocycles. The molecule has 0 N–H and O–H groups in total. The number of benzene rings is 3. The zero-order chi connectivity index (χ0) is 21.0. The largest absolute Gasteiger partial charge is 0.486 e. The Balaban J connectivity index is 1.82. The quantitative estimate of drug-likeness (QED) is 0.328. The molecule has 0 saturated carbocycles. The topological polar surface area (TPSA) is 37.4 Å². The number of aromatic nitrogens is 1. The molecule has 3 heteroatoms. The van der Waals surface area contributed by atoms with E-state index in [-0.39, 0.29) is 0 Å². The number of ether oxygens (including phenoxy) is 1. The van der Waals surface area contributed by atoms with Crippen LogP contribution in [0.3, 0.4) is 0 Å². The van der Waals surface area contributed by atoms with Crippen molar-refractivity contribution < 1.29 is 4.74 Å². The van der Waals surface area contributed by atoms with Crippen LogP contribution in [-0.2, 0) is 6.61 Å². The van der Waals surface area contributed by atoms with Gasteiger partial charge in [0.25, 0.3) is 0 Å². The van der Waals surface area contributed by atoms with Crippen LogP contribution in [0.25, 0.3) is 27.9 Å². The molecule has 0 saturated heterocycles. The Labute approximate surface area is 181 Å². The number of nitriles is 1. The lowest BCUT2D eigenvalue weighted by molar-refractivity contribution is 0.311. The lowest BCUT2D eigenvalue weighted by atomic mass is 10.0. The van der Waals surface area contributed by atoms with Crippen LogP contribution in [-0.4, -0.2) is 4.40 Å². The van der Waals surface area contributed by atoms with E-state index in [9.17, 15) is 5.26 Å². The summed E-state index contributed by atoms with van der Waals surface area (Å²) in [4.78, 5) is 0. The standard InChI is InChI=1S/C28H20N2O/c29-19-24-17-10-18-30-26(23-15-8-3-9-16-23)25(22-13-6-2-7-14-22)28(27(24)30)31-20-21-11-4-1-5-12-21/h1-18H,20H2. The van der Waals surface area contributed by atoms with E-state index >= 15 is 0 Å². The molecule has 31 heavy (non-hydrogen) atoms. The van der Waals surface area contributed by atoms with E-state index in [0.29, 0.717) is 12.2 Å². The predicted octanol–water partition coefficient (Wildman–Crippen LogP) is 6.72. The fraction of sp³-hybridized carbons (Fsp3) is 0.0357. The van der Waals surface area contributed by atoms with E-state index in [0.717, 1.165) is 39.2 Å². The molecule has 3 nitrogen and oxygen atoms in total. The minimum absolute atomic E-state index is 0.425. The molecule has 0 radical (unpaired) electrons. The average molecular weight is 400 g/mol. The number of hydrogen-bond acceptors (Lipinski definition) is 2. The van der Waals surface area contributed by atoms with Gasteiger partial charge in [-0.2, -0.15) is 5.26 Å². The van der Waals surface area contributed by atoms with Crippen LogP contribution in [0, 0.1) is 11.3 Å². The Morgan fingerprint density at radius 1 is 0.710 bits per heavy atom. The molecule has 0 atom stereocenters. The van der Waals surface area contributed by atoms with Gasteiger partial charge in [0.2, 0.25) is 0 Å². The number of rotatable bonds is 5. The van der Waals surface area contributed by atoms with Crippen LogP contribution in [0.2, 0.25) is 0 Å². The summed E-state index contributed by atoms with van der Waals surface area (Å²) in [5.41, 5.74) is 6.59. The Morgan fingerprint density at radius 3 is 1.97 bits per heavy atom. The molecule has 3 aromatic carbocycles. The monoisotopic (exact) mass is 400 g/mol. The van der Waals surface area contributed by atoms with Gasteiger partial charge in [0.1, 0.15) is 18.2 Å². The lowest BCUT2D eigenvalue weighted by Gasteiger charge is -2.10. The highest BCUT2D eigenvalue weighted by Gasteiger charge is 2.24. The van der Waals surface area contributed by atoms with Crippen molar-refractivity contribution in [3.8, 4) is 34.2 Å².